The molecule has 0 saturated carbocycles. The quantitative estimate of drug-likeness (QED) is 0.506. The van der Waals surface area contributed by atoms with E-state index in [1.54, 1.807) is 0 Å². The van der Waals surface area contributed by atoms with Crippen molar-refractivity contribution >= 4 is 62.2 Å². The minimum absolute atomic E-state index is 0.335. The molecular formula is C16H12IN3S. The number of para-hydroxylation sites is 1. The zero-order valence-electron chi connectivity index (χ0n) is 11.0. The second-order valence-corrected chi connectivity index (χ2v) is 6.26. The number of fused-ring (bicyclic) bond motifs is 1. The Hall–Kier alpha value is -1.73. The van der Waals surface area contributed by atoms with Crippen molar-refractivity contribution in [2.75, 3.05) is 5.32 Å². The predicted molar refractivity (Wildman–Crippen MR) is 100 cm³/mol. The van der Waals surface area contributed by atoms with Gasteiger partial charge in [-0.15, -0.1) is 0 Å². The molecule has 0 fully saturated rings. The van der Waals surface area contributed by atoms with E-state index < -0.39 is 0 Å². The number of nitrogens with two attached hydrogens (primary N) is 1. The van der Waals surface area contributed by atoms with Crippen molar-refractivity contribution in [1.29, 1.82) is 0 Å². The molecular weight excluding hydrogens is 393 g/mol. The number of benzene rings is 2. The third-order valence-corrected chi connectivity index (χ3v) is 4.04. The number of nitrogens with zero attached hydrogens (tertiary/aromatic N) is 1. The molecule has 1 heterocycles. The second-order valence-electron chi connectivity index (χ2n) is 4.57. The maximum absolute atomic E-state index is 5.83. The van der Waals surface area contributed by atoms with Crippen molar-refractivity contribution in [2.24, 2.45) is 5.73 Å². The van der Waals surface area contributed by atoms with Gasteiger partial charge < -0.3 is 11.1 Å². The molecule has 3 nitrogen and oxygen atoms in total. The van der Waals surface area contributed by atoms with Gasteiger partial charge in [0.25, 0.3) is 0 Å². The minimum atomic E-state index is 0.335. The first-order valence-electron chi connectivity index (χ1n) is 6.36. The first kappa shape index (κ1) is 14.2. The average molecular weight is 405 g/mol. The third kappa shape index (κ3) is 3.14. The van der Waals surface area contributed by atoms with E-state index in [1.165, 1.54) is 3.57 Å². The van der Waals surface area contributed by atoms with Gasteiger partial charge in [0, 0.05) is 14.6 Å². The zero-order valence-corrected chi connectivity index (χ0v) is 14.0. The summed E-state index contributed by atoms with van der Waals surface area (Å²) in [5, 5.41) is 4.31. The van der Waals surface area contributed by atoms with Crippen LogP contribution < -0.4 is 11.1 Å². The molecule has 5 heteroatoms. The highest BCUT2D eigenvalue weighted by atomic mass is 127. The van der Waals surface area contributed by atoms with Gasteiger partial charge in [0.05, 0.1) is 11.1 Å². The molecule has 0 amide bonds. The molecule has 0 unspecified atom stereocenters. The van der Waals surface area contributed by atoms with E-state index in [9.17, 15) is 0 Å². The molecule has 0 spiro atoms. The van der Waals surface area contributed by atoms with Crippen LogP contribution in [-0.2, 0) is 0 Å². The first-order valence-corrected chi connectivity index (χ1v) is 7.84. The lowest BCUT2D eigenvalue weighted by Crippen LogP contribution is -2.13. The number of halogens is 1. The summed E-state index contributed by atoms with van der Waals surface area (Å²) in [6, 6.07) is 17.9. The van der Waals surface area contributed by atoms with E-state index >= 15 is 0 Å². The summed E-state index contributed by atoms with van der Waals surface area (Å²) in [6.07, 6.45) is 0. The Balaban J connectivity index is 2.09. The Morgan fingerprint density at radius 2 is 1.81 bits per heavy atom. The number of anilines is 2. The van der Waals surface area contributed by atoms with E-state index in [0.29, 0.717) is 10.8 Å². The summed E-state index contributed by atoms with van der Waals surface area (Å²) in [5.74, 6) is 0.683. The SMILES string of the molecule is NC(=S)c1cc2ccccc2nc1Nc1ccc(I)cc1. The van der Waals surface area contributed by atoms with Gasteiger partial charge in [-0.1, -0.05) is 30.4 Å². The molecule has 2 aromatic carbocycles. The van der Waals surface area contributed by atoms with Crippen LogP contribution in [-0.4, -0.2) is 9.97 Å². The van der Waals surface area contributed by atoms with Crippen LogP contribution in [0.2, 0.25) is 0 Å². The molecule has 3 N–H and O–H groups in total. The van der Waals surface area contributed by atoms with Gasteiger partial charge >= 0.3 is 0 Å². The van der Waals surface area contributed by atoms with Gasteiger partial charge in [-0.2, -0.15) is 0 Å². The standard InChI is InChI=1S/C16H12IN3S/c17-11-5-7-12(8-6-11)19-16-13(15(18)21)9-10-3-1-2-4-14(10)20-16/h1-9H,(H2,18,21)(H,19,20). The molecule has 104 valence electrons. The molecule has 0 bridgehead atoms. The van der Waals surface area contributed by atoms with Crippen LogP contribution in [0, 0.1) is 3.57 Å². The van der Waals surface area contributed by atoms with Crippen molar-refractivity contribution in [3.05, 3.63) is 63.7 Å². The Morgan fingerprint density at radius 1 is 1.10 bits per heavy atom. The second kappa shape index (κ2) is 5.95. The Kier molecular flexibility index (Phi) is 4.03. The van der Waals surface area contributed by atoms with E-state index in [1.807, 2.05) is 54.6 Å². The lowest BCUT2D eigenvalue weighted by molar-refractivity contribution is 1.36. The Bertz CT molecular complexity index is 815. The molecule has 0 atom stereocenters. The van der Waals surface area contributed by atoms with Gasteiger partial charge in [0.1, 0.15) is 10.8 Å². The molecule has 0 aliphatic rings. The van der Waals surface area contributed by atoms with Crippen LogP contribution in [0.25, 0.3) is 10.9 Å². The smallest absolute Gasteiger partial charge is 0.141 e. The lowest BCUT2D eigenvalue weighted by Gasteiger charge is -2.12. The van der Waals surface area contributed by atoms with Crippen molar-refractivity contribution in [2.45, 2.75) is 0 Å². The van der Waals surface area contributed by atoms with E-state index in [-0.39, 0.29) is 0 Å². The Morgan fingerprint density at radius 3 is 2.52 bits per heavy atom. The summed E-state index contributed by atoms with van der Waals surface area (Å²) in [7, 11) is 0. The topological polar surface area (TPSA) is 50.9 Å². The van der Waals surface area contributed by atoms with Gasteiger partial charge in [-0.3, -0.25) is 0 Å². The maximum Gasteiger partial charge on any atom is 0.141 e. The summed E-state index contributed by atoms with van der Waals surface area (Å²) in [5.41, 5.74) is 8.45. The van der Waals surface area contributed by atoms with Crippen LogP contribution in [0.1, 0.15) is 5.56 Å². The molecule has 21 heavy (non-hydrogen) atoms. The average Bonchev–Trinajstić information content (AvgIpc) is 2.48. The number of hydrogen-bond acceptors (Lipinski definition) is 3. The number of thiocarbonyl (C=S) groups is 1. The molecule has 0 aliphatic carbocycles. The van der Waals surface area contributed by atoms with E-state index in [0.717, 1.165) is 22.2 Å². The highest BCUT2D eigenvalue weighted by Crippen LogP contribution is 2.24. The van der Waals surface area contributed by atoms with Crippen LogP contribution in [0.15, 0.2) is 54.6 Å². The van der Waals surface area contributed by atoms with Crippen LogP contribution in [0.5, 0.6) is 0 Å². The lowest BCUT2D eigenvalue weighted by atomic mass is 10.1. The minimum Gasteiger partial charge on any atom is -0.389 e. The maximum atomic E-state index is 5.83. The Labute approximate surface area is 141 Å². The number of hydrogen-bond donors (Lipinski definition) is 2. The monoisotopic (exact) mass is 405 g/mol. The number of rotatable bonds is 3. The molecule has 0 radical (unpaired) electrons. The van der Waals surface area contributed by atoms with Gasteiger partial charge in [-0.25, -0.2) is 4.98 Å². The summed E-state index contributed by atoms with van der Waals surface area (Å²) >= 11 is 7.42. The molecule has 3 aromatic rings. The number of nitrogens with one attached hydrogen (secondary N) is 1. The highest BCUT2D eigenvalue weighted by Gasteiger charge is 2.09. The normalized spacial score (nSPS) is 10.5. The molecule has 3 rings (SSSR count). The fourth-order valence-electron chi connectivity index (χ4n) is 2.07. The fraction of sp³-hybridized carbons (Fsp3) is 0. The van der Waals surface area contributed by atoms with Crippen molar-refractivity contribution in [3.63, 3.8) is 0 Å². The summed E-state index contributed by atoms with van der Waals surface area (Å²) in [4.78, 5) is 4.97. The van der Waals surface area contributed by atoms with Crippen LogP contribution >= 0.6 is 34.8 Å². The number of pyridine rings is 1. The summed E-state index contributed by atoms with van der Waals surface area (Å²) < 4.78 is 1.18. The van der Waals surface area contributed by atoms with Crippen molar-refractivity contribution in [3.8, 4) is 0 Å². The van der Waals surface area contributed by atoms with Crippen molar-refractivity contribution < 1.29 is 0 Å². The fourth-order valence-corrected chi connectivity index (χ4v) is 2.58. The van der Waals surface area contributed by atoms with Gasteiger partial charge in [0.15, 0.2) is 0 Å². The van der Waals surface area contributed by atoms with Gasteiger partial charge in [-0.05, 0) is 59.0 Å². The number of aromatic nitrogens is 1. The van der Waals surface area contributed by atoms with Gasteiger partial charge in [0.2, 0.25) is 0 Å². The predicted octanol–water partition coefficient (Wildman–Crippen LogP) is 4.22. The molecule has 0 saturated heterocycles. The molecule has 1 aromatic heterocycles. The van der Waals surface area contributed by atoms with Crippen LogP contribution in [0.4, 0.5) is 11.5 Å². The first-order chi connectivity index (χ1) is 10.1. The van der Waals surface area contributed by atoms with Crippen LogP contribution in [0.3, 0.4) is 0 Å². The van der Waals surface area contributed by atoms with E-state index in [4.69, 9.17) is 18.0 Å². The van der Waals surface area contributed by atoms with Crippen molar-refractivity contribution in [1.82, 2.24) is 4.98 Å². The van der Waals surface area contributed by atoms with E-state index in [2.05, 4.69) is 32.9 Å². The largest absolute Gasteiger partial charge is 0.389 e. The summed E-state index contributed by atoms with van der Waals surface area (Å²) in [6.45, 7) is 0. The zero-order chi connectivity index (χ0) is 14.8. The highest BCUT2D eigenvalue weighted by molar-refractivity contribution is 14.1. The molecule has 0 aliphatic heterocycles. The third-order valence-electron chi connectivity index (χ3n) is 3.10.